The van der Waals surface area contributed by atoms with Gasteiger partial charge in [-0.1, -0.05) is 31.2 Å². The second-order valence-electron chi connectivity index (χ2n) is 5.88. The number of aryl methyl sites for hydroxylation is 2. The first-order chi connectivity index (χ1) is 10.3. The Morgan fingerprint density at radius 2 is 2.19 bits per heavy atom. The average Bonchev–Trinajstić information content (AvgIpc) is 2.88. The summed E-state index contributed by atoms with van der Waals surface area (Å²) in [4.78, 5) is 6.29. The number of aromatic nitrogens is 1. The second-order valence-corrected chi connectivity index (χ2v) is 7.00. The average molecular weight is 300 g/mol. The molecule has 1 heterocycles. The van der Waals surface area contributed by atoms with Crippen molar-refractivity contribution in [1.29, 1.82) is 0 Å². The molecule has 1 aliphatic carbocycles. The van der Waals surface area contributed by atoms with Gasteiger partial charge >= 0.3 is 0 Å². The monoisotopic (exact) mass is 300 g/mol. The summed E-state index contributed by atoms with van der Waals surface area (Å²) in [5.41, 5.74) is 4.24. The van der Waals surface area contributed by atoms with Crippen LogP contribution in [-0.4, -0.2) is 11.5 Å². The van der Waals surface area contributed by atoms with Gasteiger partial charge in [-0.25, -0.2) is 4.98 Å². The first kappa shape index (κ1) is 14.7. The van der Waals surface area contributed by atoms with E-state index < -0.39 is 0 Å². The summed E-state index contributed by atoms with van der Waals surface area (Å²) in [6, 6.07) is 8.91. The molecule has 0 saturated carbocycles. The van der Waals surface area contributed by atoms with E-state index in [4.69, 9.17) is 4.98 Å². The van der Waals surface area contributed by atoms with Gasteiger partial charge in [0.2, 0.25) is 0 Å². The van der Waals surface area contributed by atoms with Gasteiger partial charge < -0.3 is 5.32 Å². The van der Waals surface area contributed by atoms with Gasteiger partial charge in [-0.2, -0.15) is 0 Å². The van der Waals surface area contributed by atoms with Gasteiger partial charge in [0.15, 0.2) is 0 Å². The number of benzene rings is 1. The molecule has 0 spiro atoms. The van der Waals surface area contributed by atoms with Crippen LogP contribution in [0.25, 0.3) is 0 Å². The number of nitrogens with zero attached hydrogens (tertiary/aromatic N) is 1. The molecule has 0 amide bonds. The summed E-state index contributed by atoms with van der Waals surface area (Å²) in [7, 11) is 0. The zero-order chi connectivity index (χ0) is 14.7. The van der Waals surface area contributed by atoms with Crippen LogP contribution in [0, 0.1) is 6.92 Å². The number of fused-ring (bicyclic) bond motifs is 1. The lowest BCUT2D eigenvalue weighted by Crippen LogP contribution is -2.13. The maximum Gasteiger partial charge on any atom is 0.101 e. The van der Waals surface area contributed by atoms with Crippen LogP contribution < -0.4 is 5.32 Å². The summed E-state index contributed by atoms with van der Waals surface area (Å²) in [5, 5.41) is 4.81. The molecule has 1 N–H and O–H groups in total. The van der Waals surface area contributed by atoms with Crippen LogP contribution in [0.2, 0.25) is 0 Å². The Morgan fingerprint density at radius 1 is 1.33 bits per heavy atom. The number of thiazole rings is 1. The molecular formula is C18H24N2S. The Bertz CT molecular complexity index is 603. The van der Waals surface area contributed by atoms with Gasteiger partial charge in [0.1, 0.15) is 5.01 Å². The SMILES string of the molecule is CCCNCc1sc(C2CCCc3ccccc32)nc1C. The highest BCUT2D eigenvalue weighted by molar-refractivity contribution is 7.11. The molecule has 1 aromatic heterocycles. The van der Waals surface area contributed by atoms with E-state index in [1.807, 2.05) is 11.3 Å². The van der Waals surface area contributed by atoms with E-state index in [2.05, 4.69) is 43.4 Å². The lowest BCUT2D eigenvalue weighted by atomic mass is 9.83. The zero-order valence-electron chi connectivity index (χ0n) is 13.0. The van der Waals surface area contributed by atoms with Crippen molar-refractivity contribution in [2.24, 2.45) is 0 Å². The van der Waals surface area contributed by atoms with Crippen LogP contribution in [0.1, 0.15) is 58.8 Å². The maximum atomic E-state index is 4.89. The standard InChI is InChI=1S/C18H24N2S/c1-3-11-19-12-17-13(2)20-18(21-17)16-10-6-8-14-7-4-5-9-15(14)16/h4-5,7,9,16,19H,3,6,8,10-12H2,1-2H3. The molecule has 2 nitrogen and oxygen atoms in total. The Morgan fingerprint density at radius 3 is 3.05 bits per heavy atom. The molecule has 112 valence electrons. The summed E-state index contributed by atoms with van der Waals surface area (Å²) >= 11 is 1.91. The minimum atomic E-state index is 0.513. The van der Waals surface area contributed by atoms with Gasteiger partial charge in [0.05, 0.1) is 5.69 Å². The van der Waals surface area contributed by atoms with Gasteiger partial charge in [-0.3, -0.25) is 0 Å². The molecule has 21 heavy (non-hydrogen) atoms. The molecule has 0 bridgehead atoms. The predicted octanol–water partition coefficient (Wildman–Crippen LogP) is 4.42. The van der Waals surface area contributed by atoms with Gasteiger partial charge in [0.25, 0.3) is 0 Å². The predicted molar refractivity (Wildman–Crippen MR) is 90.1 cm³/mol. The third-order valence-electron chi connectivity index (χ3n) is 4.29. The van der Waals surface area contributed by atoms with Crippen LogP contribution in [0.15, 0.2) is 24.3 Å². The molecule has 1 aliphatic rings. The largest absolute Gasteiger partial charge is 0.312 e. The highest BCUT2D eigenvalue weighted by Gasteiger charge is 2.24. The quantitative estimate of drug-likeness (QED) is 0.827. The summed E-state index contributed by atoms with van der Waals surface area (Å²) in [6.45, 7) is 6.40. The Balaban J connectivity index is 1.83. The van der Waals surface area contributed by atoms with E-state index in [1.165, 1.54) is 52.4 Å². The molecule has 0 saturated heterocycles. The summed E-state index contributed by atoms with van der Waals surface area (Å²) in [6.07, 6.45) is 4.93. The molecule has 1 unspecified atom stereocenters. The first-order valence-electron chi connectivity index (χ1n) is 8.04. The van der Waals surface area contributed by atoms with Crippen LogP contribution in [0.5, 0.6) is 0 Å². The molecule has 1 aromatic carbocycles. The number of nitrogens with one attached hydrogen (secondary N) is 1. The Hall–Kier alpha value is -1.19. The van der Waals surface area contributed by atoms with Gasteiger partial charge in [0, 0.05) is 17.3 Å². The molecule has 3 heteroatoms. The van der Waals surface area contributed by atoms with E-state index in [-0.39, 0.29) is 0 Å². The highest BCUT2D eigenvalue weighted by atomic mass is 32.1. The number of hydrogen-bond donors (Lipinski definition) is 1. The molecule has 0 radical (unpaired) electrons. The van der Waals surface area contributed by atoms with E-state index in [1.54, 1.807) is 0 Å². The van der Waals surface area contributed by atoms with Crippen LogP contribution in [0.4, 0.5) is 0 Å². The van der Waals surface area contributed by atoms with Gasteiger partial charge in [-0.05, 0) is 50.3 Å². The number of hydrogen-bond acceptors (Lipinski definition) is 3. The van der Waals surface area contributed by atoms with Crippen LogP contribution >= 0.6 is 11.3 Å². The second kappa shape index (κ2) is 6.71. The highest BCUT2D eigenvalue weighted by Crippen LogP contribution is 2.38. The van der Waals surface area contributed by atoms with Crippen LogP contribution in [0.3, 0.4) is 0 Å². The maximum absolute atomic E-state index is 4.89. The van der Waals surface area contributed by atoms with E-state index in [0.29, 0.717) is 5.92 Å². The van der Waals surface area contributed by atoms with Crippen molar-refractivity contribution in [3.8, 4) is 0 Å². The first-order valence-corrected chi connectivity index (χ1v) is 8.86. The summed E-state index contributed by atoms with van der Waals surface area (Å²) in [5.74, 6) is 0.513. The lowest BCUT2D eigenvalue weighted by molar-refractivity contribution is 0.612. The van der Waals surface area contributed by atoms with Crippen molar-refractivity contribution < 1.29 is 0 Å². The molecule has 0 fully saturated rings. The fourth-order valence-electron chi connectivity index (χ4n) is 3.15. The van der Waals surface area contributed by atoms with Crippen molar-refractivity contribution in [2.45, 2.75) is 52.0 Å². The molecule has 1 atom stereocenters. The van der Waals surface area contributed by atoms with Crippen molar-refractivity contribution in [3.63, 3.8) is 0 Å². The number of rotatable bonds is 5. The normalized spacial score (nSPS) is 17.7. The Labute approximate surface area is 131 Å². The third-order valence-corrected chi connectivity index (χ3v) is 5.56. The van der Waals surface area contributed by atoms with E-state index in [0.717, 1.165) is 13.1 Å². The molecule has 2 aromatic rings. The minimum absolute atomic E-state index is 0.513. The fraction of sp³-hybridized carbons (Fsp3) is 0.500. The minimum Gasteiger partial charge on any atom is -0.312 e. The third kappa shape index (κ3) is 3.19. The van der Waals surface area contributed by atoms with Crippen molar-refractivity contribution >= 4 is 11.3 Å². The molecule has 3 rings (SSSR count). The summed E-state index contributed by atoms with van der Waals surface area (Å²) < 4.78 is 0. The van der Waals surface area contributed by atoms with E-state index >= 15 is 0 Å². The van der Waals surface area contributed by atoms with Crippen molar-refractivity contribution in [3.05, 3.63) is 51.0 Å². The zero-order valence-corrected chi connectivity index (χ0v) is 13.8. The Kier molecular flexibility index (Phi) is 4.71. The fourth-order valence-corrected chi connectivity index (χ4v) is 4.34. The topological polar surface area (TPSA) is 24.9 Å². The van der Waals surface area contributed by atoms with Crippen molar-refractivity contribution in [2.75, 3.05) is 6.54 Å². The molecular weight excluding hydrogens is 276 g/mol. The van der Waals surface area contributed by atoms with E-state index in [9.17, 15) is 0 Å². The van der Waals surface area contributed by atoms with Crippen LogP contribution in [-0.2, 0) is 13.0 Å². The lowest BCUT2D eigenvalue weighted by Gasteiger charge is -2.23. The molecule has 0 aliphatic heterocycles. The smallest absolute Gasteiger partial charge is 0.101 e. The van der Waals surface area contributed by atoms with Crippen molar-refractivity contribution in [1.82, 2.24) is 10.3 Å². The van der Waals surface area contributed by atoms with Gasteiger partial charge in [-0.15, -0.1) is 11.3 Å².